The number of fused-ring (bicyclic) bond motifs is 6. The largest absolute Gasteiger partial charge is 0.310 e. The van der Waals surface area contributed by atoms with Crippen LogP contribution in [0, 0.1) is 0 Å². The fraction of sp³-hybridized carbons (Fsp3) is 0.0526. The Labute approximate surface area is 233 Å². The molecular formula is C38H28N2. The second-order valence-electron chi connectivity index (χ2n) is 10.6. The molecule has 0 N–H and O–H groups in total. The summed E-state index contributed by atoms with van der Waals surface area (Å²) < 4.78 is 4.77. The molecule has 0 atom stereocenters. The summed E-state index contributed by atoms with van der Waals surface area (Å²) in [5, 5.41) is 3.91. The van der Waals surface area contributed by atoms with Gasteiger partial charge in [0.05, 0.1) is 16.6 Å². The lowest BCUT2D eigenvalue weighted by atomic mass is 10.00. The van der Waals surface area contributed by atoms with Crippen LogP contribution in [0.4, 0.5) is 0 Å². The Morgan fingerprint density at radius 2 is 1.15 bits per heavy atom. The highest BCUT2D eigenvalue weighted by Gasteiger charge is 2.19. The third-order valence-corrected chi connectivity index (χ3v) is 8.37. The lowest BCUT2D eigenvalue weighted by molar-refractivity contribution is 0.967. The number of allylic oxidation sites excluding steroid dienone is 1. The topological polar surface area (TPSA) is 9.86 Å². The van der Waals surface area contributed by atoms with E-state index in [1.807, 2.05) is 6.08 Å². The summed E-state index contributed by atoms with van der Waals surface area (Å²) in [5.41, 5.74) is 12.4. The van der Waals surface area contributed by atoms with E-state index < -0.39 is 0 Å². The molecule has 2 heteroatoms. The van der Waals surface area contributed by atoms with Crippen molar-refractivity contribution in [3.63, 3.8) is 0 Å². The van der Waals surface area contributed by atoms with Crippen molar-refractivity contribution in [3.8, 4) is 22.5 Å². The second-order valence-corrected chi connectivity index (χ2v) is 10.6. The molecule has 8 rings (SSSR count). The molecule has 0 radical (unpaired) electrons. The smallest absolute Gasteiger partial charge is 0.0541 e. The van der Waals surface area contributed by atoms with Gasteiger partial charge < -0.3 is 9.13 Å². The Balaban J connectivity index is 1.18. The molecule has 2 nitrogen and oxygen atoms in total. The van der Waals surface area contributed by atoms with E-state index in [4.69, 9.17) is 0 Å². The van der Waals surface area contributed by atoms with Crippen molar-refractivity contribution in [2.45, 2.75) is 12.8 Å². The van der Waals surface area contributed by atoms with Crippen molar-refractivity contribution in [1.29, 1.82) is 0 Å². The average Bonchev–Trinajstić information content (AvgIpc) is 3.54. The van der Waals surface area contributed by atoms with Gasteiger partial charge in [0, 0.05) is 33.2 Å². The van der Waals surface area contributed by atoms with Crippen LogP contribution in [0.3, 0.4) is 0 Å². The molecule has 0 unspecified atom stereocenters. The Morgan fingerprint density at radius 1 is 0.575 bits per heavy atom. The standard InChI is InChI=1S/C38H28N2/c1-2-26-15-24-38-34(25-26)33-11-5-8-14-37(33)40(38)30-22-18-28(19-23-30)27-16-20-29(21-17-27)39-35-12-6-3-9-31(35)32-10-4-7-13-36(32)39/h2-4,6-10,12-25H,1,5,11H2. The van der Waals surface area contributed by atoms with E-state index in [1.54, 1.807) is 0 Å². The molecule has 0 aliphatic heterocycles. The molecule has 190 valence electrons. The molecular weight excluding hydrogens is 484 g/mol. The van der Waals surface area contributed by atoms with Gasteiger partial charge in [-0.3, -0.25) is 0 Å². The molecule has 0 saturated carbocycles. The first kappa shape index (κ1) is 22.9. The summed E-state index contributed by atoms with van der Waals surface area (Å²) in [6.07, 6.45) is 8.68. The molecule has 2 heterocycles. The van der Waals surface area contributed by atoms with Gasteiger partial charge in [-0.25, -0.2) is 0 Å². The SMILES string of the molecule is C=Cc1ccc2c(c1)c1c(n2-c2ccc(-c3ccc(-n4c5ccccc5c5ccccc54)cc3)cc2)C=CCC1. The Bertz CT molecular complexity index is 2050. The molecule has 7 aromatic rings. The first-order valence-corrected chi connectivity index (χ1v) is 14.0. The van der Waals surface area contributed by atoms with E-state index in [0.29, 0.717) is 0 Å². The zero-order chi connectivity index (χ0) is 26.6. The first-order chi connectivity index (χ1) is 19.8. The van der Waals surface area contributed by atoms with Gasteiger partial charge in [0.2, 0.25) is 0 Å². The second kappa shape index (κ2) is 9.00. The fourth-order valence-electron chi connectivity index (χ4n) is 6.47. The molecule has 2 aromatic heterocycles. The lowest BCUT2D eigenvalue weighted by Gasteiger charge is -2.13. The normalized spacial score (nSPS) is 12.8. The van der Waals surface area contributed by atoms with Gasteiger partial charge in [-0.15, -0.1) is 0 Å². The molecule has 5 aromatic carbocycles. The van der Waals surface area contributed by atoms with E-state index >= 15 is 0 Å². The number of aromatic nitrogens is 2. The van der Waals surface area contributed by atoms with Crippen LogP contribution >= 0.6 is 0 Å². The van der Waals surface area contributed by atoms with Crippen LogP contribution in [-0.4, -0.2) is 9.13 Å². The molecule has 0 bridgehead atoms. The average molecular weight is 513 g/mol. The molecule has 0 fully saturated rings. The van der Waals surface area contributed by atoms with Crippen molar-refractivity contribution in [2.24, 2.45) is 0 Å². The van der Waals surface area contributed by atoms with Gasteiger partial charge in [0.15, 0.2) is 0 Å². The first-order valence-electron chi connectivity index (χ1n) is 14.0. The summed E-state index contributed by atoms with van der Waals surface area (Å²) in [6.45, 7) is 3.98. The maximum atomic E-state index is 3.98. The van der Waals surface area contributed by atoms with E-state index in [9.17, 15) is 0 Å². The van der Waals surface area contributed by atoms with Crippen molar-refractivity contribution in [1.82, 2.24) is 9.13 Å². The van der Waals surface area contributed by atoms with Crippen LogP contribution in [-0.2, 0) is 6.42 Å². The summed E-state index contributed by atoms with van der Waals surface area (Å²) >= 11 is 0. The van der Waals surface area contributed by atoms with Gasteiger partial charge in [-0.1, -0.05) is 85.5 Å². The van der Waals surface area contributed by atoms with Crippen LogP contribution < -0.4 is 0 Å². The number of para-hydroxylation sites is 2. The Hall–Kier alpha value is -5.08. The van der Waals surface area contributed by atoms with E-state index in [2.05, 4.69) is 143 Å². The zero-order valence-electron chi connectivity index (χ0n) is 22.2. The number of rotatable bonds is 4. The van der Waals surface area contributed by atoms with Crippen LogP contribution in [0.1, 0.15) is 23.2 Å². The van der Waals surface area contributed by atoms with Crippen molar-refractivity contribution < 1.29 is 0 Å². The number of aryl methyl sites for hydroxylation is 1. The highest BCUT2D eigenvalue weighted by atomic mass is 15.0. The Kier molecular flexibility index (Phi) is 5.14. The molecule has 1 aliphatic carbocycles. The summed E-state index contributed by atoms with van der Waals surface area (Å²) in [6, 6.07) is 41.9. The molecule has 0 spiro atoms. The quantitative estimate of drug-likeness (QED) is 0.222. The minimum atomic E-state index is 1.08. The van der Waals surface area contributed by atoms with Gasteiger partial charge >= 0.3 is 0 Å². The van der Waals surface area contributed by atoms with Crippen LogP contribution in [0.5, 0.6) is 0 Å². The fourth-order valence-corrected chi connectivity index (χ4v) is 6.47. The minimum absolute atomic E-state index is 1.08. The third kappa shape index (κ3) is 3.43. The monoisotopic (exact) mass is 512 g/mol. The molecule has 1 aliphatic rings. The molecule has 0 saturated heterocycles. The lowest BCUT2D eigenvalue weighted by Crippen LogP contribution is -2.00. The van der Waals surface area contributed by atoms with Gasteiger partial charge in [-0.05, 0) is 89.7 Å². The number of hydrogen-bond acceptors (Lipinski definition) is 0. The summed E-state index contributed by atoms with van der Waals surface area (Å²) in [4.78, 5) is 0. The van der Waals surface area contributed by atoms with Gasteiger partial charge in [0.1, 0.15) is 0 Å². The van der Waals surface area contributed by atoms with Crippen LogP contribution in [0.25, 0.3) is 67.4 Å². The molecule has 0 amide bonds. The maximum Gasteiger partial charge on any atom is 0.0541 e. The Morgan fingerprint density at radius 3 is 1.77 bits per heavy atom. The van der Waals surface area contributed by atoms with Crippen LogP contribution in [0.2, 0.25) is 0 Å². The highest BCUT2D eigenvalue weighted by molar-refractivity contribution is 6.09. The minimum Gasteiger partial charge on any atom is -0.310 e. The number of hydrogen-bond donors (Lipinski definition) is 0. The van der Waals surface area contributed by atoms with Gasteiger partial charge in [-0.2, -0.15) is 0 Å². The summed E-state index contributed by atoms with van der Waals surface area (Å²) in [5.74, 6) is 0. The van der Waals surface area contributed by atoms with Crippen molar-refractivity contribution in [2.75, 3.05) is 0 Å². The van der Waals surface area contributed by atoms with E-state index in [1.165, 1.54) is 72.0 Å². The number of nitrogens with zero attached hydrogens (tertiary/aromatic N) is 2. The van der Waals surface area contributed by atoms with E-state index in [0.717, 1.165) is 12.8 Å². The highest BCUT2D eigenvalue weighted by Crippen LogP contribution is 2.36. The van der Waals surface area contributed by atoms with Crippen LogP contribution in [0.15, 0.2) is 128 Å². The number of benzene rings is 5. The van der Waals surface area contributed by atoms with Crippen molar-refractivity contribution >= 4 is 44.9 Å². The third-order valence-electron chi connectivity index (χ3n) is 8.37. The van der Waals surface area contributed by atoms with Crippen molar-refractivity contribution in [3.05, 3.63) is 145 Å². The maximum absolute atomic E-state index is 3.98. The van der Waals surface area contributed by atoms with E-state index in [-0.39, 0.29) is 0 Å². The molecule has 40 heavy (non-hydrogen) atoms. The summed E-state index contributed by atoms with van der Waals surface area (Å²) in [7, 11) is 0. The predicted octanol–water partition coefficient (Wildman–Crippen LogP) is 10.00. The zero-order valence-corrected chi connectivity index (χ0v) is 22.2. The predicted molar refractivity (Wildman–Crippen MR) is 170 cm³/mol. The van der Waals surface area contributed by atoms with Gasteiger partial charge in [0.25, 0.3) is 0 Å².